The molecule has 0 bridgehead atoms. The van der Waals surface area contributed by atoms with E-state index in [0.29, 0.717) is 0 Å². The highest BCUT2D eigenvalue weighted by Gasteiger charge is 2.04. The molecule has 0 atom stereocenters. The smallest absolute Gasteiger partial charge is 0.0266 e. The number of hydrogen-bond acceptors (Lipinski definition) is 2. The fourth-order valence-corrected chi connectivity index (χ4v) is 1.27. The quantitative estimate of drug-likeness (QED) is 0.440. The zero-order chi connectivity index (χ0) is 8.69. The Morgan fingerprint density at radius 3 is 2.00 bits per heavy atom. The van der Waals surface area contributed by atoms with Crippen molar-refractivity contribution >= 4 is 5.90 Å². The average molecular weight is 156 g/mol. The van der Waals surface area contributed by atoms with Gasteiger partial charge in [-0.1, -0.05) is 26.7 Å². The summed E-state index contributed by atoms with van der Waals surface area (Å²) in [5, 5.41) is 11.1. The lowest BCUT2D eigenvalue weighted by Crippen LogP contribution is -2.27. The summed E-state index contributed by atoms with van der Waals surface area (Å²) in [6.45, 7) is 4.21. The Kier molecular flexibility index (Phi) is 5.90. The van der Waals surface area contributed by atoms with Gasteiger partial charge < -0.3 is 10.1 Å². The zero-order valence-electron chi connectivity index (χ0n) is 7.76. The van der Waals surface area contributed by atoms with E-state index in [1.807, 2.05) is 0 Å². The number of nitrogens with zero attached hydrogens (tertiary/aromatic N) is 1. The lowest BCUT2D eigenvalue weighted by atomic mass is 9.98. The summed E-state index contributed by atoms with van der Waals surface area (Å²) in [5.41, 5.74) is 0. The molecule has 0 radical (unpaired) electrons. The molecule has 0 rings (SSSR count). The van der Waals surface area contributed by atoms with Crippen molar-refractivity contribution in [2.75, 3.05) is 7.05 Å². The Hall–Kier alpha value is -0.530. The van der Waals surface area contributed by atoms with Crippen LogP contribution < -0.4 is 5.11 Å². The molecule has 11 heavy (non-hydrogen) atoms. The Morgan fingerprint density at radius 1 is 1.27 bits per heavy atom. The van der Waals surface area contributed by atoms with Crippen molar-refractivity contribution in [3.8, 4) is 0 Å². The Bertz CT molecular complexity index is 115. The van der Waals surface area contributed by atoms with E-state index < -0.39 is 0 Å². The number of hydrogen-bond donors (Lipinski definition) is 0. The van der Waals surface area contributed by atoms with E-state index in [-0.39, 0.29) is 11.8 Å². The molecule has 0 unspecified atom stereocenters. The second kappa shape index (κ2) is 6.20. The minimum atomic E-state index is 0.0775. The second-order valence-electron chi connectivity index (χ2n) is 2.84. The topological polar surface area (TPSA) is 35.4 Å². The fraction of sp³-hybridized carbons (Fsp3) is 0.889. The molecule has 0 aliphatic rings. The van der Waals surface area contributed by atoms with Gasteiger partial charge in [0.1, 0.15) is 0 Å². The maximum atomic E-state index is 11.1. The van der Waals surface area contributed by atoms with Crippen LogP contribution in [0.25, 0.3) is 0 Å². The first-order valence-corrected chi connectivity index (χ1v) is 4.39. The van der Waals surface area contributed by atoms with Gasteiger partial charge in [-0.05, 0) is 24.7 Å². The fourth-order valence-electron chi connectivity index (χ4n) is 1.27. The first-order valence-electron chi connectivity index (χ1n) is 4.39. The average Bonchev–Trinajstić information content (AvgIpc) is 2.03. The van der Waals surface area contributed by atoms with Crippen LogP contribution in [0.2, 0.25) is 0 Å². The van der Waals surface area contributed by atoms with Crippen LogP contribution >= 0.6 is 0 Å². The predicted octanol–water partition coefficient (Wildman–Crippen LogP) is 1.59. The lowest BCUT2D eigenvalue weighted by Gasteiger charge is -2.21. The van der Waals surface area contributed by atoms with Gasteiger partial charge in [-0.25, -0.2) is 0 Å². The maximum absolute atomic E-state index is 11.1. The Labute approximate surface area is 69.3 Å². The third-order valence-corrected chi connectivity index (χ3v) is 1.84. The highest BCUT2D eigenvalue weighted by atomic mass is 16.3. The molecule has 0 fully saturated rings. The summed E-state index contributed by atoms with van der Waals surface area (Å²) in [6, 6.07) is 0. The van der Waals surface area contributed by atoms with Crippen LogP contribution in [-0.4, -0.2) is 12.9 Å². The van der Waals surface area contributed by atoms with Crippen LogP contribution in [0.5, 0.6) is 0 Å². The molecule has 0 heterocycles. The van der Waals surface area contributed by atoms with E-state index >= 15 is 0 Å². The normalized spacial score (nSPS) is 12.5. The van der Waals surface area contributed by atoms with Gasteiger partial charge in [0.05, 0.1) is 0 Å². The largest absolute Gasteiger partial charge is 0.862 e. The van der Waals surface area contributed by atoms with Gasteiger partial charge in [0.15, 0.2) is 0 Å². The van der Waals surface area contributed by atoms with Crippen molar-refractivity contribution in [2.24, 2.45) is 10.9 Å². The monoisotopic (exact) mass is 156 g/mol. The first kappa shape index (κ1) is 10.5. The van der Waals surface area contributed by atoms with Crippen LogP contribution in [0.3, 0.4) is 0 Å². The van der Waals surface area contributed by atoms with Gasteiger partial charge in [0.2, 0.25) is 0 Å². The van der Waals surface area contributed by atoms with Gasteiger partial charge in [0.25, 0.3) is 0 Å². The highest BCUT2D eigenvalue weighted by molar-refractivity contribution is 5.73. The maximum Gasteiger partial charge on any atom is 0.0266 e. The molecule has 0 aromatic heterocycles. The molecule has 66 valence electrons. The molecular weight excluding hydrogens is 138 g/mol. The van der Waals surface area contributed by atoms with Gasteiger partial charge in [0, 0.05) is 7.05 Å². The molecule has 0 N–H and O–H groups in total. The van der Waals surface area contributed by atoms with Crippen LogP contribution in [-0.2, 0) is 0 Å². The van der Waals surface area contributed by atoms with Crippen molar-refractivity contribution in [2.45, 2.75) is 39.5 Å². The van der Waals surface area contributed by atoms with Crippen molar-refractivity contribution in [3.63, 3.8) is 0 Å². The molecule has 0 spiro atoms. The van der Waals surface area contributed by atoms with Crippen LogP contribution in [0.15, 0.2) is 4.99 Å². The second-order valence-corrected chi connectivity index (χ2v) is 2.84. The highest BCUT2D eigenvalue weighted by Crippen LogP contribution is 2.12. The van der Waals surface area contributed by atoms with E-state index in [1.54, 1.807) is 7.05 Å². The first-order chi connectivity index (χ1) is 5.26. The third-order valence-electron chi connectivity index (χ3n) is 1.84. The summed E-state index contributed by atoms with van der Waals surface area (Å²) in [4.78, 5) is 3.69. The van der Waals surface area contributed by atoms with Gasteiger partial charge in [-0.15, -0.1) is 0 Å². The van der Waals surface area contributed by atoms with Crippen molar-refractivity contribution in [1.82, 2.24) is 0 Å². The van der Waals surface area contributed by atoms with E-state index in [2.05, 4.69) is 18.8 Å². The van der Waals surface area contributed by atoms with Crippen LogP contribution in [0.1, 0.15) is 39.5 Å². The van der Waals surface area contributed by atoms with Crippen LogP contribution in [0.4, 0.5) is 0 Å². The lowest BCUT2D eigenvalue weighted by molar-refractivity contribution is -0.224. The summed E-state index contributed by atoms with van der Waals surface area (Å²) in [7, 11) is 1.58. The molecule has 0 aliphatic carbocycles. The molecule has 2 heteroatoms. The van der Waals surface area contributed by atoms with Gasteiger partial charge >= 0.3 is 0 Å². The van der Waals surface area contributed by atoms with Crippen molar-refractivity contribution < 1.29 is 5.11 Å². The Balaban J connectivity index is 3.87. The minimum Gasteiger partial charge on any atom is -0.862 e. The SMILES string of the molecule is CCCC(CCC)C([O-])=NC. The number of aliphatic imine (C=N–C) groups is 1. The molecule has 0 amide bonds. The summed E-state index contributed by atoms with van der Waals surface area (Å²) >= 11 is 0. The Morgan fingerprint density at radius 2 is 1.73 bits per heavy atom. The van der Waals surface area contributed by atoms with Crippen molar-refractivity contribution in [1.29, 1.82) is 0 Å². The van der Waals surface area contributed by atoms with Gasteiger partial charge in [-0.3, -0.25) is 0 Å². The van der Waals surface area contributed by atoms with Crippen LogP contribution in [0, 0.1) is 5.92 Å². The van der Waals surface area contributed by atoms with E-state index in [9.17, 15) is 5.11 Å². The van der Waals surface area contributed by atoms with E-state index in [0.717, 1.165) is 25.7 Å². The molecule has 0 aromatic rings. The number of rotatable bonds is 5. The minimum absolute atomic E-state index is 0.0775. The van der Waals surface area contributed by atoms with E-state index in [4.69, 9.17) is 0 Å². The van der Waals surface area contributed by atoms with Gasteiger partial charge in [-0.2, -0.15) is 0 Å². The molecular formula is C9H18NO-. The summed E-state index contributed by atoms with van der Waals surface area (Å²) < 4.78 is 0. The standard InChI is InChI=1S/C9H19NO/c1-4-6-8(7-5-2)9(11)10-3/h8H,4-7H2,1-3H3,(H,10,11)/p-1. The third kappa shape index (κ3) is 4.02. The molecule has 0 saturated carbocycles. The van der Waals surface area contributed by atoms with E-state index in [1.165, 1.54) is 0 Å². The molecule has 0 saturated heterocycles. The summed E-state index contributed by atoms with van der Waals surface area (Å²) in [5.74, 6) is 0.267. The van der Waals surface area contributed by atoms with Crippen molar-refractivity contribution in [3.05, 3.63) is 0 Å². The zero-order valence-corrected chi connectivity index (χ0v) is 7.76. The molecule has 0 aliphatic heterocycles. The predicted molar refractivity (Wildman–Crippen MR) is 46.7 cm³/mol. The molecule has 0 aromatic carbocycles. The summed E-state index contributed by atoms with van der Waals surface area (Å²) in [6.07, 6.45) is 4.13. The molecule has 2 nitrogen and oxygen atoms in total.